The van der Waals surface area contributed by atoms with Crippen molar-refractivity contribution in [3.63, 3.8) is 0 Å². The van der Waals surface area contributed by atoms with Gasteiger partial charge >= 0.3 is 0 Å². The fraction of sp³-hybridized carbons (Fsp3) is 0.524. The second kappa shape index (κ2) is 21.2. The fourth-order valence-corrected chi connectivity index (χ4v) is 6.00. The van der Waals surface area contributed by atoms with Crippen LogP contribution in [-0.2, 0) is 22.4 Å². The minimum absolute atomic E-state index is 0.0350. The molecule has 0 amide bonds. The van der Waals surface area contributed by atoms with Crippen LogP contribution < -0.4 is 9.47 Å². The minimum Gasteiger partial charge on any atom is -0.485 e. The molecule has 0 fully saturated rings. The highest BCUT2D eigenvalue weighted by atomic mass is 16.5. The van der Waals surface area contributed by atoms with Crippen LogP contribution in [0.4, 0.5) is 0 Å². The number of para-hydroxylation sites is 2. The quantitative estimate of drug-likeness (QED) is 0.0883. The molecule has 0 radical (unpaired) electrons. The van der Waals surface area contributed by atoms with Crippen LogP contribution in [-0.4, -0.2) is 34.7 Å². The Kier molecular flexibility index (Phi) is 17.1. The van der Waals surface area contributed by atoms with Gasteiger partial charge in [-0.3, -0.25) is 19.6 Å². The van der Waals surface area contributed by atoms with Crippen molar-refractivity contribution in [3.05, 3.63) is 71.0 Å². The number of aryl methyl sites for hydroxylation is 2. The topological polar surface area (TPSA) is 78.4 Å². The zero-order valence-corrected chi connectivity index (χ0v) is 30.5. The van der Waals surface area contributed by atoms with Crippen LogP contribution in [0.25, 0.3) is 21.8 Å². The third-order valence-corrected chi connectivity index (χ3v) is 8.73. The Labute approximate surface area is 289 Å². The lowest BCUT2D eigenvalue weighted by molar-refractivity contribution is -0.119. The Balaban J connectivity index is 0.000000260. The first-order valence-electron chi connectivity index (χ1n) is 18.3. The first kappa shape index (κ1) is 38.6. The molecule has 0 aliphatic carbocycles. The van der Waals surface area contributed by atoms with Gasteiger partial charge in [0, 0.05) is 33.3 Å². The van der Waals surface area contributed by atoms with E-state index in [4.69, 9.17) is 19.4 Å². The lowest BCUT2D eigenvalue weighted by Crippen LogP contribution is -2.09. The van der Waals surface area contributed by atoms with Crippen molar-refractivity contribution >= 4 is 33.4 Å². The van der Waals surface area contributed by atoms with Crippen LogP contribution in [0, 0.1) is 13.8 Å². The molecule has 4 rings (SSSR count). The molecule has 4 aromatic rings. The average Bonchev–Trinajstić information content (AvgIpc) is 3.07. The number of ketones is 2. The van der Waals surface area contributed by atoms with E-state index in [9.17, 15) is 9.59 Å². The van der Waals surface area contributed by atoms with E-state index in [1.165, 1.54) is 64.2 Å². The van der Waals surface area contributed by atoms with Crippen molar-refractivity contribution < 1.29 is 19.1 Å². The normalized spacial score (nSPS) is 11.0. The molecule has 0 unspecified atom stereocenters. The average molecular weight is 655 g/mol. The molecule has 0 N–H and O–H groups in total. The fourth-order valence-electron chi connectivity index (χ4n) is 6.00. The molecule has 0 aliphatic rings. The van der Waals surface area contributed by atoms with Gasteiger partial charge in [0.15, 0.2) is 11.6 Å². The van der Waals surface area contributed by atoms with Crippen molar-refractivity contribution in [1.82, 2.24) is 9.97 Å². The second-order valence-electron chi connectivity index (χ2n) is 13.1. The van der Waals surface area contributed by atoms with E-state index in [-0.39, 0.29) is 24.8 Å². The van der Waals surface area contributed by atoms with Crippen molar-refractivity contribution in [2.45, 2.75) is 131 Å². The van der Waals surface area contributed by atoms with Crippen LogP contribution >= 0.6 is 0 Å². The maximum absolute atomic E-state index is 11.3. The van der Waals surface area contributed by atoms with Crippen LogP contribution in [0.2, 0.25) is 0 Å². The molecule has 48 heavy (non-hydrogen) atoms. The summed E-state index contributed by atoms with van der Waals surface area (Å²) in [5.41, 5.74) is 6.24. The largest absolute Gasteiger partial charge is 0.485 e. The Morgan fingerprint density at radius 1 is 0.542 bits per heavy atom. The molecular formula is C42H58N2O4. The number of pyridine rings is 2. The van der Waals surface area contributed by atoms with Crippen molar-refractivity contribution in [2.75, 3.05) is 13.2 Å². The van der Waals surface area contributed by atoms with E-state index in [2.05, 4.69) is 27.7 Å². The molecule has 6 nitrogen and oxygen atoms in total. The molecule has 0 saturated carbocycles. The van der Waals surface area contributed by atoms with E-state index >= 15 is 0 Å². The van der Waals surface area contributed by atoms with Gasteiger partial charge in [0.1, 0.15) is 24.7 Å². The first-order valence-corrected chi connectivity index (χ1v) is 18.3. The molecule has 0 bridgehead atoms. The van der Waals surface area contributed by atoms with E-state index in [0.717, 1.165) is 81.5 Å². The summed E-state index contributed by atoms with van der Waals surface area (Å²) in [5, 5.41) is 1.98. The highest BCUT2D eigenvalue weighted by Crippen LogP contribution is 2.32. The lowest BCUT2D eigenvalue weighted by atomic mass is 10.0. The number of unbranched alkanes of at least 4 members (excludes halogenated alkanes) is 10. The van der Waals surface area contributed by atoms with Crippen LogP contribution in [0.3, 0.4) is 0 Å². The van der Waals surface area contributed by atoms with E-state index in [1.807, 2.05) is 48.5 Å². The SMILES string of the molecule is CCCCCCCCc1nc2ccccc2c(OCC(C)=O)c1C.CCCCCCCCc1nc2ccccc2c(OCC(C)=O)c1C. The van der Waals surface area contributed by atoms with E-state index < -0.39 is 0 Å². The predicted octanol–water partition coefficient (Wildman–Crippen LogP) is 10.8. The Morgan fingerprint density at radius 2 is 0.896 bits per heavy atom. The molecule has 0 spiro atoms. The highest BCUT2D eigenvalue weighted by Gasteiger charge is 2.15. The summed E-state index contributed by atoms with van der Waals surface area (Å²) in [6.45, 7) is 11.9. The standard InChI is InChI=1S/2C21H29NO2/c2*1-4-5-6-7-8-9-13-19-17(3)21(24-15-16(2)23)18-12-10-11-14-20(18)22-19/h2*10-12,14H,4-9,13,15H2,1-3H3. The number of ether oxygens (including phenoxy) is 2. The van der Waals surface area contributed by atoms with E-state index in [1.54, 1.807) is 13.8 Å². The van der Waals surface area contributed by atoms with Gasteiger partial charge in [-0.15, -0.1) is 0 Å². The number of nitrogens with zero attached hydrogens (tertiary/aromatic N) is 2. The molecule has 260 valence electrons. The van der Waals surface area contributed by atoms with Crippen molar-refractivity contribution in [2.24, 2.45) is 0 Å². The zero-order chi connectivity index (χ0) is 34.7. The number of rotatable bonds is 20. The molecular weight excluding hydrogens is 596 g/mol. The number of hydrogen-bond donors (Lipinski definition) is 0. The summed E-state index contributed by atoms with van der Waals surface area (Å²) in [5.74, 6) is 1.70. The smallest absolute Gasteiger partial charge is 0.167 e. The summed E-state index contributed by atoms with van der Waals surface area (Å²) < 4.78 is 11.6. The van der Waals surface area contributed by atoms with Crippen molar-refractivity contribution in [1.29, 1.82) is 0 Å². The van der Waals surface area contributed by atoms with Gasteiger partial charge in [-0.25, -0.2) is 0 Å². The maximum atomic E-state index is 11.3. The summed E-state index contributed by atoms with van der Waals surface area (Å²) in [6.07, 6.45) is 17.2. The predicted molar refractivity (Wildman–Crippen MR) is 199 cm³/mol. The lowest BCUT2D eigenvalue weighted by Gasteiger charge is -2.15. The summed E-state index contributed by atoms with van der Waals surface area (Å²) in [6, 6.07) is 16.0. The van der Waals surface area contributed by atoms with Gasteiger partial charge in [0.2, 0.25) is 0 Å². The van der Waals surface area contributed by atoms with E-state index in [0.29, 0.717) is 0 Å². The van der Waals surface area contributed by atoms with Crippen LogP contribution in [0.15, 0.2) is 48.5 Å². The Bertz CT molecular complexity index is 1480. The van der Waals surface area contributed by atoms with Gasteiger partial charge in [-0.2, -0.15) is 0 Å². The third kappa shape index (κ3) is 12.3. The van der Waals surface area contributed by atoms with Crippen LogP contribution in [0.1, 0.15) is 127 Å². The van der Waals surface area contributed by atoms with Gasteiger partial charge in [-0.05, 0) is 77.6 Å². The molecule has 2 aromatic heterocycles. The summed E-state index contributed by atoms with van der Waals surface area (Å²) >= 11 is 0. The molecule has 0 aliphatic heterocycles. The number of Topliss-reactive ketones (excluding diaryl/α,β-unsaturated/α-hetero) is 2. The maximum Gasteiger partial charge on any atom is 0.167 e. The third-order valence-electron chi connectivity index (χ3n) is 8.73. The Hall–Kier alpha value is -3.80. The number of aromatic nitrogens is 2. The van der Waals surface area contributed by atoms with Crippen LogP contribution in [0.5, 0.6) is 11.5 Å². The monoisotopic (exact) mass is 654 g/mol. The second-order valence-corrected chi connectivity index (χ2v) is 13.1. The molecule has 0 saturated heterocycles. The summed E-state index contributed by atoms with van der Waals surface area (Å²) in [7, 11) is 0. The van der Waals surface area contributed by atoms with Gasteiger partial charge < -0.3 is 9.47 Å². The zero-order valence-electron chi connectivity index (χ0n) is 30.5. The molecule has 2 aromatic carbocycles. The number of carbonyl (C=O) groups excluding carboxylic acids is 2. The number of hydrogen-bond acceptors (Lipinski definition) is 6. The number of benzene rings is 2. The highest BCUT2D eigenvalue weighted by molar-refractivity contribution is 5.88. The molecule has 6 heteroatoms. The van der Waals surface area contributed by atoms with Gasteiger partial charge in [-0.1, -0.05) is 102 Å². The van der Waals surface area contributed by atoms with Gasteiger partial charge in [0.05, 0.1) is 11.0 Å². The van der Waals surface area contributed by atoms with Gasteiger partial charge in [0.25, 0.3) is 0 Å². The molecule has 2 heterocycles. The first-order chi connectivity index (χ1) is 23.3. The Morgan fingerprint density at radius 3 is 1.27 bits per heavy atom. The number of fused-ring (bicyclic) bond motifs is 2. The molecule has 0 atom stereocenters. The minimum atomic E-state index is 0.0350. The number of carbonyl (C=O) groups is 2. The summed E-state index contributed by atoms with van der Waals surface area (Å²) in [4.78, 5) is 32.3. The van der Waals surface area contributed by atoms with Crippen molar-refractivity contribution in [3.8, 4) is 11.5 Å².